The second-order valence-electron chi connectivity index (χ2n) is 4.04. The largest absolute Gasteiger partial charge is 0.460 e. The maximum Gasteiger partial charge on any atom is 0.313 e. The molecule has 13 heavy (non-hydrogen) atoms. The van der Waals surface area contributed by atoms with E-state index in [4.69, 9.17) is 15.6 Å². The molecule has 4 nitrogen and oxygen atoms in total. The molecule has 4 heteroatoms. The lowest BCUT2D eigenvalue weighted by atomic mass is 10.1. The van der Waals surface area contributed by atoms with Gasteiger partial charge in [0.2, 0.25) is 0 Å². The molecule has 0 amide bonds. The summed E-state index contributed by atoms with van der Waals surface area (Å²) < 4.78 is 5.07. The topological polar surface area (TPSA) is 72.5 Å². The molecule has 0 spiro atoms. The first-order valence-corrected chi connectivity index (χ1v) is 4.44. The fraction of sp³-hybridized carbons (Fsp3) is 0.889. The Bertz CT molecular complexity index is 172. The van der Waals surface area contributed by atoms with E-state index < -0.39 is 23.7 Å². The van der Waals surface area contributed by atoms with Gasteiger partial charge in [-0.25, -0.2) is 0 Å². The molecule has 0 aromatic rings. The summed E-state index contributed by atoms with van der Waals surface area (Å²) in [6.45, 7) is 7.12. The first-order chi connectivity index (χ1) is 5.78. The molecule has 2 atom stereocenters. The summed E-state index contributed by atoms with van der Waals surface area (Å²) in [6.07, 6.45) is -0.660. The number of carbonyl (C=O) groups is 1. The van der Waals surface area contributed by atoms with Crippen molar-refractivity contribution in [3.8, 4) is 0 Å². The van der Waals surface area contributed by atoms with Crippen LogP contribution in [0.3, 0.4) is 0 Å². The molecule has 0 rings (SSSR count). The average Bonchev–Trinajstić information content (AvgIpc) is 1.82. The predicted octanol–water partition coefficient (Wildman–Crippen LogP) is 0.631. The summed E-state index contributed by atoms with van der Waals surface area (Å²) in [7, 11) is 0. The van der Waals surface area contributed by atoms with Gasteiger partial charge in [-0.3, -0.25) is 4.79 Å². The summed E-state index contributed by atoms with van der Waals surface area (Å²) >= 11 is 0. The molecule has 0 aromatic carbocycles. The lowest BCUT2D eigenvalue weighted by molar-refractivity contribution is -0.164. The van der Waals surface area contributed by atoms with Crippen molar-refractivity contribution in [1.82, 2.24) is 0 Å². The molecule has 0 saturated carbocycles. The van der Waals surface area contributed by atoms with Crippen LogP contribution >= 0.6 is 0 Å². The van der Waals surface area contributed by atoms with Crippen molar-refractivity contribution in [3.63, 3.8) is 0 Å². The number of aliphatic hydroxyl groups is 1. The third-order valence-corrected chi connectivity index (χ3v) is 1.56. The van der Waals surface area contributed by atoms with Crippen molar-refractivity contribution in [2.24, 2.45) is 11.7 Å². The van der Waals surface area contributed by atoms with Crippen molar-refractivity contribution < 1.29 is 14.6 Å². The average molecular weight is 189 g/mol. The highest BCUT2D eigenvalue weighted by molar-refractivity contribution is 5.73. The Morgan fingerprint density at radius 3 is 2.23 bits per heavy atom. The molecule has 0 heterocycles. The zero-order chi connectivity index (χ0) is 10.6. The highest BCUT2D eigenvalue weighted by Gasteiger charge is 2.27. The minimum absolute atomic E-state index is 0.440. The Balaban J connectivity index is 4.23. The molecule has 1 unspecified atom stereocenters. The Morgan fingerprint density at radius 2 is 2.00 bits per heavy atom. The van der Waals surface area contributed by atoms with Gasteiger partial charge in [0.25, 0.3) is 0 Å². The summed E-state index contributed by atoms with van der Waals surface area (Å²) in [6, 6.07) is 0. The number of hydrogen-bond acceptors (Lipinski definition) is 4. The first kappa shape index (κ1) is 12.4. The molecule has 0 radical (unpaired) electrons. The highest BCUT2D eigenvalue weighted by Crippen LogP contribution is 2.14. The van der Waals surface area contributed by atoms with Gasteiger partial charge in [-0.05, 0) is 27.2 Å². The normalized spacial score (nSPS) is 16.5. The van der Waals surface area contributed by atoms with Crippen LogP contribution in [-0.4, -0.2) is 22.9 Å². The van der Waals surface area contributed by atoms with Crippen molar-refractivity contribution in [3.05, 3.63) is 0 Å². The maximum absolute atomic E-state index is 11.4. The van der Waals surface area contributed by atoms with Gasteiger partial charge in [0.1, 0.15) is 11.8 Å². The second-order valence-corrected chi connectivity index (χ2v) is 4.04. The van der Waals surface area contributed by atoms with Gasteiger partial charge in [0, 0.05) is 0 Å². The standard InChI is InChI=1S/C9H19NO3/c1-5-6(7(10)11)8(12)13-9(2,3)4/h6-7,11H,5,10H2,1-4H3/t6?,7-/m1/s1. The third-order valence-electron chi connectivity index (χ3n) is 1.56. The molecular formula is C9H19NO3. The summed E-state index contributed by atoms with van der Waals surface area (Å²) in [4.78, 5) is 11.4. The predicted molar refractivity (Wildman–Crippen MR) is 49.8 cm³/mol. The molecule has 0 saturated heterocycles. The van der Waals surface area contributed by atoms with Gasteiger partial charge in [-0.15, -0.1) is 0 Å². The fourth-order valence-electron chi connectivity index (χ4n) is 0.925. The van der Waals surface area contributed by atoms with Crippen LogP contribution in [0.4, 0.5) is 0 Å². The zero-order valence-corrected chi connectivity index (χ0v) is 8.70. The van der Waals surface area contributed by atoms with Gasteiger partial charge in [0.05, 0.1) is 5.92 Å². The maximum atomic E-state index is 11.4. The molecule has 0 fully saturated rings. The molecule has 3 N–H and O–H groups in total. The third kappa shape index (κ3) is 4.85. The quantitative estimate of drug-likeness (QED) is 0.504. The fourth-order valence-corrected chi connectivity index (χ4v) is 0.925. The van der Waals surface area contributed by atoms with Crippen LogP contribution in [0.1, 0.15) is 34.1 Å². The van der Waals surface area contributed by atoms with Gasteiger partial charge in [-0.1, -0.05) is 6.92 Å². The highest BCUT2D eigenvalue weighted by atomic mass is 16.6. The van der Waals surface area contributed by atoms with E-state index in [1.165, 1.54) is 0 Å². The van der Waals surface area contributed by atoms with Crippen LogP contribution in [0.5, 0.6) is 0 Å². The Hall–Kier alpha value is -0.610. The van der Waals surface area contributed by atoms with Gasteiger partial charge >= 0.3 is 5.97 Å². The number of nitrogens with two attached hydrogens (primary N) is 1. The van der Waals surface area contributed by atoms with E-state index in [1.54, 1.807) is 27.7 Å². The first-order valence-electron chi connectivity index (χ1n) is 4.44. The SMILES string of the molecule is CCC(C(=O)OC(C)(C)C)[C@H](N)O. The Labute approximate surface area is 79.1 Å². The smallest absolute Gasteiger partial charge is 0.313 e. The lowest BCUT2D eigenvalue weighted by Crippen LogP contribution is -2.38. The summed E-state index contributed by atoms with van der Waals surface area (Å²) in [5, 5.41) is 9.06. The van der Waals surface area contributed by atoms with Crippen LogP contribution in [0, 0.1) is 5.92 Å². The molecule has 0 aliphatic carbocycles. The molecule has 78 valence electrons. The van der Waals surface area contributed by atoms with E-state index in [-0.39, 0.29) is 0 Å². The molecule has 0 aromatic heterocycles. The van der Waals surface area contributed by atoms with Crippen LogP contribution in [0.2, 0.25) is 0 Å². The summed E-state index contributed by atoms with van der Waals surface area (Å²) in [5.41, 5.74) is 4.69. The van der Waals surface area contributed by atoms with Crippen LogP contribution in [0.25, 0.3) is 0 Å². The molecule has 0 aliphatic rings. The lowest BCUT2D eigenvalue weighted by Gasteiger charge is -2.24. The Kier molecular flexibility index (Phi) is 4.36. The zero-order valence-electron chi connectivity index (χ0n) is 8.70. The van der Waals surface area contributed by atoms with Gasteiger partial charge in [0.15, 0.2) is 0 Å². The van der Waals surface area contributed by atoms with E-state index in [2.05, 4.69) is 0 Å². The Morgan fingerprint density at radius 1 is 1.54 bits per heavy atom. The van der Waals surface area contributed by atoms with E-state index in [0.29, 0.717) is 6.42 Å². The number of ether oxygens (including phenoxy) is 1. The second kappa shape index (κ2) is 4.58. The van der Waals surface area contributed by atoms with Crippen LogP contribution in [0.15, 0.2) is 0 Å². The van der Waals surface area contributed by atoms with Crippen LogP contribution in [-0.2, 0) is 9.53 Å². The van der Waals surface area contributed by atoms with Gasteiger partial charge in [-0.2, -0.15) is 0 Å². The number of hydrogen-bond donors (Lipinski definition) is 2. The summed E-state index contributed by atoms with van der Waals surface area (Å²) in [5.74, 6) is -1.07. The van der Waals surface area contributed by atoms with E-state index in [1.807, 2.05) is 0 Å². The number of esters is 1. The molecular weight excluding hydrogens is 170 g/mol. The molecule has 0 bridgehead atoms. The minimum atomic E-state index is -1.14. The monoisotopic (exact) mass is 189 g/mol. The number of aliphatic hydroxyl groups excluding tert-OH is 1. The minimum Gasteiger partial charge on any atom is -0.460 e. The molecule has 0 aliphatic heterocycles. The van der Waals surface area contributed by atoms with E-state index in [0.717, 1.165) is 0 Å². The van der Waals surface area contributed by atoms with Crippen molar-refractivity contribution in [1.29, 1.82) is 0 Å². The van der Waals surface area contributed by atoms with Crippen molar-refractivity contribution >= 4 is 5.97 Å². The van der Waals surface area contributed by atoms with Gasteiger partial charge < -0.3 is 15.6 Å². The number of carbonyl (C=O) groups excluding carboxylic acids is 1. The van der Waals surface area contributed by atoms with Crippen LogP contribution < -0.4 is 5.73 Å². The van der Waals surface area contributed by atoms with E-state index >= 15 is 0 Å². The van der Waals surface area contributed by atoms with E-state index in [9.17, 15) is 4.79 Å². The van der Waals surface area contributed by atoms with Crippen molar-refractivity contribution in [2.45, 2.75) is 45.9 Å². The van der Waals surface area contributed by atoms with Crippen molar-refractivity contribution in [2.75, 3.05) is 0 Å². The number of rotatable bonds is 3.